The number of aryl methyl sites for hydroxylation is 2. The summed E-state index contributed by atoms with van der Waals surface area (Å²) in [6.45, 7) is 0. The molecule has 0 aliphatic heterocycles. The van der Waals surface area contributed by atoms with E-state index in [0.29, 0.717) is 0 Å². The molecule has 0 unspecified atom stereocenters. The zero-order chi connectivity index (χ0) is 9.54. The molecule has 0 spiro atoms. The van der Waals surface area contributed by atoms with Crippen molar-refractivity contribution in [3.63, 3.8) is 0 Å². The maximum absolute atomic E-state index is 4.32. The van der Waals surface area contributed by atoms with Crippen molar-refractivity contribution < 1.29 is 0 Å². The molecular formula is C10H9BrN2S. The molecule has 0 atom stereocenters. The molecule has 2 aromatic rings. The molecule has 0 amide bonds. The average Bonchev–Trinajstić information content (AvgIpc) is 2.57. The Labute approximate surface area is 94.5 Å². The first-order chi connectivity index (χ1) is 6.86. The molecule has 2 nitrogen and oxygen atoms in total. The third-order valence-corrected chi connectivity index (χ3v) is 4.51. The summed E-state index contributed by atoms with van der Waals surface area (Å²) in [5, 5.41) is 1.26. The minimum Gasteiger partial charge on any atom is -0.229 e. The molecular weight excluding hydrogens is 260 g/mol. The average molecular weight is 269 g/mol. The van der Waals surface area contributed by atoms with E-state index in [0.717, 1.165) is 9.43 Å². The Balaban J connectivity index is 2.38. The zero-order valence-corrected chi connectivity index (χ0v) is 9.99. The Morgan fingerprint density at radius 3 is 3.00 bits per heavy atom. The van der Waals surface area contributed by atoms with E-state index in [4.69, 9.17) is 0 Å². The first-order valence-electron chi connectivity index (χ1n) is 4.77. The molecule has 1 aliphatic carbocycles. The molecule has 2 heterocycles. The monoisotopic (exact) mass is 268 g/mol. The summed E-state index contributed by atoms with van der Waals surface area (Å²) in [4.78, 5) is 11.2. The van der Waals surface area contributed by atoms with Crippen LogP contribution in [0, 0.1) is 0 Å². The second kappa shape index (κ2) is 3.28. The second-order valence-electron chi connectivity index (χ2n) is 3.56. The van der Waals surface area contributed by atoms with Crippen molar-refractivity contribution in [3.05, 3.63) is 21.4 Å². The van der Waals surface area contributed by atoms with Crippen LogP contribution >= 0.6 is 27.3 Å². The van der Waals surface area contributed by atoms with Gasteiger partial charge in [-0.25, -0.2) is 9.97 Å². The predicted molar refractivity (Wildman–Crippen MR) is 61.8 cm³/mol. The number of halogens is 1. The fourth-order valence-corrected chi connectivity index (χ4v) is 3.93. The van der Waals surface area contributed by atoms with Gasteiger partial charge in [0.25, 0.3) is 0 Å². The van der Waals surface area contributed by atoms with Crippen molar-refractivity contribution in [3.8, 4) is 0 Å². The minimum absolute atomic E-state index is 0.960. The van der Waals surface area contributed by atoms with Gasteiger partial charge >= 0.3 is 0 Å². The van der Waals surface area contributed by atoms with Crippen molar-refractivity contribution in [2.24, 2.45) is 0 Å². The van der Waals surface area contributed by atoms with Crippen LogP contribution in [0.3, 0.4) is 0 Å². The fraction of sp³-hybridized carbons (Fsp3) is 0.400. The lowest BCUT2D eigenvalue weighted by molar-refractivity contribution is 0.700. The second-order valence-corrected chi connectivity index (χ2v) is 5.39. The lowest BCUT2D eigenvalue weighted by atomic mass is 9.97. The Bertz CT molecular complexity index is 492. The lowest BCUT2D eigenvalue weighted by Crippen LogP contribution is -1.98. The van der Waals surface area contributed by atoms with Gasteiger partial charge in [0, 0.05) is 10.3 Å². The molecule has 0 saturated carbocycles. The van der Waals surface area contributed by atoms with Gasteiger partial charge in [-0.15, -0.1) is 11.3 Å². The summed E-state index contributed by atoms with van der Waals surface area (Å²) in [7, 11) is 0. The van der Waals surface area contributed by atoms with Crippen LogP contribution in [0.2, 0.25) is 0 Å². The predicted octanol–water partition coefficient (Wildman–Crippen LogP) is 3.33. The molecule has 14 heavy (non-hydrogen) atoms. The largest absolute Gasteiger partial charge is 0.229 e. The summed E-state index contributed by atoms with van der Waals surface area (Å²) in [6, 6.07) is 0. The Kier molecular flexibility index (Phi) is 2.06. The van der Waals surface area contributed by atoms with Crippen LogP contribution < -0.4 is 0 Å². The van der Waals surface area contributed by atoms with Crippen LogP contribution in [0.15, 0.2) is 10.9 Å². The molecule has 1 aliphatic rings. The normalized spacial score (nSPS) is 15.8. The first-order valence-corrected chi connectivity index (χ1v) is 6.38. The third kappa shape index (κ3) is 1.21. The molecule has 0 saturated heterocycles. The van der Waals surface area contributed by atoms with E-state index in [1.165, 1.54) is 41.5 Å². The number of thiophene rings is 1. The van der Waals surface area contributed by atoms with E-state index in [1.807, 2.05) is 11.3 Å². The van der Waals surface area contributed by atoms with Gasteiger partial charge in [0.1, 0.15) is 15.8 Å². The molecule has 2 aromatic heterocycles. The highest BCUT2D eigenvalue weighted by molar-refractivity contribution is 9.10. The molecule has 0 bridgehead atoms. The summed E-state index contributed by atoms with van der Waals surface area (Å²) in [5.74, 6) is 0. The molecule has 72 valence electrons. The molecule has 4 heteroatoms. The molecule has 0 fully saturated rings. The van der Waals surface area contributed by atoms with E-state index in [9.17, 15) is 0 Å². The first kappa shape index (κ1) is 8.80. The minimum atomic E-state index is 0.960. The summed E-state index contributed by atoms with van der Waals surface area (Å²) in [6.07, 6.45) is 6.68. The molecule has 0 N–H and O–H groups in total. The van der Waals surface area contributed by atoms with Crippen LogP contribution in [-0.4, -0.2) is 9.97 Å². The number of fused-ring (bicyclic) bond motifs is 3. The Morgan fingerprint density at radius 1 is 1.21 bits per heavy atom. The highest BCUT2D eigenvalue weighted by Crippen LogP contribution is 2.37. The van der Waals surface area contributed by atoms with Crippen LogP contribution in [-0.2, 0) is 12.8 Å². The topological polar surface area (TPSA) is 25.8 Å². The van der Waals surface area contributed by atoms with Crippen LogP contribution in [0.5, 0.6) is 0 Å². The van der Waals surface area contributed by atoms with E-state index >= 15 is 0 Å². The maximum atomic E-state index is 4.32. The number of nitrogens with zero attached hydrogens (tertiary/aromatic N) is 2. The zero-order valence-electron chi connectivity index (χ0n) is 7.59. The van der Waals surface area contributed by atoms with E-state index < -0.39 is 0 Å². The third-order valence-electron chi connectivity index (χ3n) is 2.71. The van der Waals surface area contributed by atoms with Gasteiger partial charge < -0.3 is 0 Å². The van der Waals surface area contributed by atoms with E-state index in [-0.39, 0.29) is 0 Å². The fourth-order valence-electron chi connectivity index (χ4n) is 2.05. The Morgan fingerprint density at radius 2 is 2.07 bits per heavy atom. The number of hydrogen-bond acceptors (Lipinski definition) is 3. The van der Waals surface area contributed by atoms with Gasteiger partial charge in [0.2, 0.25) is 0 Å². The Hall–Kier alpha value is -0.480. The van der Waals surface area contributed by atoms with E-state index in [1.54, 1.807) is 6.33 Å². The van der Waals surface area contributed by atoms with Gasteiger partial charge in [-0.1, -0.05) is 0 Å². The van der Waals surface area contributed by atoms with Crippen molar-refractivity contribution in [1.29, 1.82) is 0 Å². The number of hydrogen-bond donors (Lipinski definition) is 0. The standard InChI is InChI=1S/C10H9BrN2S/c11-9-8-6-3-1-2-4-7(6)14-10(8)13-5-12-9/h5H,1-4H2. The van der Waals surface area contributed by atoms with Crippen LogP contribution in [0.4, 0.5) is 0 Å². The van der Waals surface area contributed by atoms with Crippen molar-refractivity contribution in [2.75, 3.05) is 0 Å². The van der Waals surface area contributed by atoms with E-state index in [2.05, 4.69) is 25.9 Å². The van der Waals surface area contributed by atoms with Gasteiger partial charge in [0.05, 0.1) is 0 Å². The van der Waals surface area contributed by atoms with Crippen molar-refractivity contribution >= 4 is 37.5 Å². The van der Waals surface area contributed by atoms with Gasteiger partial charge in [-0.05, 0) is 47.2 Å². The highest BCUT2D eigenvalue weighted by Gasteiger charge is 2.18. The molecule has 0 aromatic carbocycles. The van der Waals surface area contributed by atoms with Gasteiger partial charge in [-0.3, -0.25) is 0 Å². The van der Waals surface area contributed by atoms with Crippen LogP contribution in [0.1, 0.15) is 23.3 Å². The number of aromatic nitrogens is 2. The highest BCUT2D eigenvalue weighted by atomic mass is 79.9. The van der Waals surface area contributed by atoms with Crippen LogP contribution in [0.25, 0.3) is 10.2 Å². The SMILES string of the molecule is Brc1ncnc2sc3c(c12)CCCC3. The van der Waals surface area contributed by atoms with Gasteiger partial charge in [0.15, 0.2) is 0 Å². The van der Waals surface area contributed by atoms with Crippen molar-refractivity contribution in [2.45, 2.75) is 25.7 Å². The smallest absolute Gasteiger partial charge is 0.128 e. The van der Waals surface area contributed by atoms with Gasteiger partial charge in [-0.2, -0.15) is 0 Å². The summed E-state index contributed by atoms with van der Waals surface area (Å²) in [5.41, 5.74) is 1.49. The van der Waals surface area contributed by atoms with Crippen molar-refractivity contribution in [1.82, 2.24) is 9.97 Å². The molecule has 0 radical (unpaired) electrons. The quantitative estimate of drug-likeness (QED) is 0.685. The summed E-state index contributed by atoms with van der Waals surface area (Å²) >= 11 is 5.34. The lowest BCUT2D eigenvalue weighted by Gasteiger charge is -2.10. The summed E-state index contributed by atoms with van der Waals surface area (Å²) < 4.78 is 0.960. The maximum Gasteiger partial charge on any atom is 0.128 e. The number of rotatable bonds is 0. The molecule has 3 rings (SSSR count).